The number of nitrogens with zero attached hydrogens (tertiary/aromatic N) is 1. The van der Waals surface area contributed by atoms with Crippen LogP contribution in [0.1, 0.15) is 114 Å². The summed E-state index contributed by atoms with van der Waals surface area (Å²) in [6, 6.07) is 0. The van der Waals surface area contributed by atoms with E-state index in [2.05, 4.69) is 112 Å². The summed E-state index contributed by atoms with van der Waals surface area (Å²) >= 11 is 0. The van der Waals surface area contributed by atoms with Gasteiger partial charge in [0.25, 0.3) is 0 Å². The molecular weight excluding hydrogens is 489 g/mol. The quantitative estimate of drug-likeness (QED) is 0.103. The van der Waals surface area contributed by atoms with E-state index in [4.69, 9.17) is 4.74 Å². The molecule has 0 radical (unpaired) electrons. The molecule has 0 saturated carbocycles. The van der Waals surface area contributed by atoms with Crippen LogP contribution in [0.25, 0.3) is 0 Å². The van der Waals surface area contributed by atoms with Crippen molar-refractivity contribution in [2.75, 3.05) is 18.5 Å². The topological polar surface area (TPSA) is 12.4 Å². The molecule has 36 heavy (non-hydrogen) atoms. The Morgan fingerprint density at radius 1 is 0.694 bits per heavy atom. The van der Waals surface area contributed by atoms with Crippen molar-refractivity contribution in [3.05, 3.63) is 48.2 Å². The maximum Gasteiger partial charge on any atom is 0.0425 e. The van der Waals surface area contributed by atoms with Crippen LogP contribution in [0.5, 0.6) is 0 Å². The van der Waals surface area contributed by atoms with E-state index < -0.39 is 7.05 Å². The van der Waals surface area contributed by atoms with Crippen LogP contribution in [-0.2, 0) is 21.7 Å². The van der Waals surface area contributed by atoms with Crippen molar-refractivity contribution in [2.45, 2.75) is 114 Å². The Morgan fingerprint density at radius 2 is 1.08 bits per heavy atom. The minimum atomic E-state index is -1.20. The van der Waals surface area contributed by atoms with Gasteiger partial charge >= 0.3 is 0 Å². The normalized spacial score (nSPS) is 13.9. The van der Waals surface area contributed by atoms with Gasteiger partial charge in [0.15, 0.2) is 0 Å². The molecule has 0 unspecified atom stereocenters. The first-order valence-corrected chi connectivity index (χ1v) is 17.1. The maximum atomic E-state index is 5.51. The predicted molar refractivity (Wildman–Crippen MR) is 166 cm³/mol. The SMILES string of the molecule is CC(C)C=CC=CC(C)C.CC(C)CCCP(CCCC(C)C)(CCCC(C)C)=NC1=CC=CC1.[Ti]. The molecule has 0 spiro atoms. The molecular formula is C33H62NPTi. The fourth-order valence-electron chi connectivity index (χ4n) is 4.22. The Hall–Kier alpha value is -0.0957. The number of rotatable bonds is 16. The van der Waals surface area contributed by atoms with Gasteiger partial charge in [0, 0.05) is 33.8 Å². The molecule has 0 aromatic heterocycles. The van der Waals surface area contributed by atoms with Crippen LogP contribution in [-0.4, -0.2) is 18.5 Å². The Balaban J connectivity index is 0. The molecule has 0 aromatic carbocycles. The summed E-state index contributed by atoms with van der Waals surface area (Å²) in [5, 5.41) is 0. The van der Waals surface area contributed by atoms with Gasteiger partial charge in [0.05, 0.1) is 0 Å². The van der Waals surface area contributed by atoms with Crippen LogP contribution in [0.2, 0.25) is 0 Å². The van der Waals surface area contributed by atoms with E-state index in [1.165, 1.54) is 62.7 Å². The molecule has 0 saturated heterocycles. The van der Waals surface area contributed by atoms with Crippen molar-refractivity contribution in [3.63, 3.8) is 0 Å². The summed E-state index contributed by atoms with van der Waals surface area (Å²) in [5.41, 5.74) is 1.37. The molecule has 1 aliphatic carbocycles. The van der Waals surface area contributed by atoms with E-state index in [0.29, 0.717) is 11.8 Å². The average molecular weight is 552 g/mol. The first-order valence-electron chi connectivity index (χ1n) is 14.8. The van der Waals surface area contributed by atoms with E-state index >= 15 is 0 Å². The Kier molecular flexibility index (Phi) is 24.2. The average Bonchev–Trinajstić information content (AvgIpc) is 3.23. The molecule has 208 valence electrons. The van der Waals surface area contributed by atoms with Gasteiger partial charge in [-0.2, -0.15) is 0 Å². The van der Waals surface area contributed by atoms with Gasteiger partial charge in [0.2, 0.25) is 0 Å². The van der Waals surface area contributed by atoms with Gasteiger partial charge in [-0.3, -0.25) is 4.74 Å². The Morgan fingerprint density at radius 3 is 1.36 bits per heavy atom. The van der Waals surface area contributed by atoms with Crippen LogP contribution >= 0.6 is 7.05 Å². The third-order valence-corrected chi connectivity index (χ3v) is 10.4. The molecule has 0 N–H and O–H groups in total. The van der Waals surface area contributed by atoms with Gasteiger partial charge in [-0.15, -0.1) is 0 Å². The third-order valence-electron chi connectivity index (χ3n) is 6.26. The van der Waals surface area contributed by atoms with Crippen molar-refractivity contribution in [3.8, 4) is 0 Å². The molecule has 0 atom stereocenters. The zero-order valence-electron chi connectivity index (χ0n) is 25.9. The number of hydrogen-bond donors (Lipinski definition) is 0. The van der Waals surface area contributed by atoms with E-state index in [0.717, 1.165) is 24.2 Å². The van der Waals surface area contributed by atoms with Crippen LogP contribution in [0, 0.1) is 29.6 Å². The molecule has 0 bridgehead atoms. The molecule has 1 aliphatic rings. The van der Waals surface area contributed by atoms with Crippen LogP contribution < -0.4 is 0 Å². The Bertz CT molecular complexity index is 634. The van der Waals surface area contributed by atoms with Crippen molar-refractivity contribution in [1.29, 1.82) is 0 Å². The van der Waals surface area contributed by atoms with Crippen molar-refractivity contribution < 1.29 is 21.7 Å². The van der Waals surface area contributed by atoms with Gasteiger partial charge in [-0.05, 0) is 80.5 Å². The standard InChI is InChI=1S/C23H44NP.C10H18.Ti/c1-20(2)12-9-17-25(18-10-13-21(3)4,19-11-14-22(5)6)24-23-15-7-8-16-23;1-9(2)7-5-6-8-10(3)4;/h7-8,15,20-22H,9-14,16-19H2,1-6H3;5-10H,1-4H3;. The van der Waals surface area contributed by atoms with Crippen LogP contribution in [0.15, 0.2) is 53.0 Å². The summed E-state index contributed by atoms with van der Waals surface area (Å²) in [6.45, 7) is 22.9. The van der Waals surface area contributed by atoms with Crippen molar-refractivity contribution in [1.82, 2.24) is 0 Å². The third kappa shape index (κ3) is 23.1. The summed E-state index contributed by atoms with van der Waals surface area (Å²) in [5.74, 6) is 3.79. The maximum absolute atomic E-state index is 5.51. The van der Waals surface area contributed by atoms with Gasteiger partial charge in [-0.1, -0.05) is 125 Å². The molecule has 0 aromatic rings. The molecule has 0 aliphatic heterocycles. The smallest absolute Gasteiger partial charge is 0.0425 e. The van der Waals surface area contributed by atoms with E-state index in [1.54, 1.807) is 0 Å². The molecule has 0 heterocycles. The van der Waals surface area contributed by atoms with E-state index in [9.17, 15) is 0 Å². The van der Waals surface area contributed by atoms with Crippen LogP contribution in [0.3, 0.4) is 0 Å². The molecule has 1 nitrogen and oxygen atoms in total. The Labute approximate surface area is 243 Å². The van der Waals surface area contributed by atoms with Crippen molar-refractivity contribution >= 4 is 7.05 Å². The first kappa shape index (κ1) is 38.1. The fraction of sp³-hybridized carbons (Fsp3) is 0.758. The fourth-order valence-corrected chi connectivity index (χ4v) is 8.20. The van der Waals surface area contributed by atoms with Gasteiger partial charge in [0.1, 0.15) is 0 Å². The summed E-state index contributed by atoms with van der Waals surface area (Å²) in [6.07, 6.45) is 28.8. The largest absolute Gasteiger partial charge is 0.272 e. The first-order chi connectivity index (χ1) is 16.5. The predicted octanol–water partition coefficient (Wildman–Crippen LogP) is 11.7. The van der Waals surface area contributed by atoms with Crippen LogP contribution in [0.4, 0.5) is 0 Å². The second-order valence-electron chi connectivity index (χ2n) is 12.5. The summed E-state index contributed by atoms with van der Waals surface area (Å²) < 4.78 is 5.51. The van der Waals surface area contributed by atoms with E-state index in [-0.39, 0.29) is 21.7 Å². The van der Waals surface area contributed by atoms with E-state index in [1.807, 2.05) is 0 Å². The van der Waals surface area contributed by atoms with Gasteiger partial charge < -0.3 is 0 Å². The zero-order chi connectivity index (χ0) is 26.7. The molecule has 1 rings (SSSR count). The number of hydrogen-bond acceptors (Lipinski definition) is 1. The molecule has 0 fully saturated rings. The number of allylic oxidation sites excluding steroid dienone is 7. The molecule has 0 amide bonds. The molecule has 3 heteroatoms. The second-order valence-corrected chi connectivity index (χ2v) is 16.3. The van der Waals surface area contributed by atoms with Crippen molar-refractivity contribution in [2.24, 2.45) is 34.3 Å². The zero-order valence-corrected chi connectivity index (χ0v) is 28.3. The van der Waals surface area contributed by atoms with Gasteiger partial charge in [-0.25, -0.2) is 0 Å². The minimum absolute atomic E-state index is 0. The minimum Gasteiger partial charge on any atom is -0.272 e. The summed E-state index contributed by atoms with van der Waals surface area (Å²) in [7, 11) is -1.20. The second kappa shape index (κ2) is 22.8. The monoisotopic (exact) mass is 551 g/mol. The summed E-state index contributed by atoms with van der Waals surface area (Å²) in [4.78, 5) is 0.